The molecule has 0 aromatic rings. The van der Waals surface area contributed by atoms with Crippen molar-refractivity contribution in [1.82, 2.24) is 10.2 Å². The third kappa shape index (κ3) is 5.67. The van der Waals surface area contributed by atoms with Crippen molar-refractivity contribution >= 4 is 29.3 Å². The van der Waals surface area contributed by atoms with Gasteiger partial charge in [-0.05, 0) is 25.0 Å². The lowest BCUT2D eigenvalue weighted by atomic mass is 9.77. The maximum absolute atomic E-state index is 5.74. The van der Waals surface area contributed by atoms with Crippen molar-refractivity contribution in [1.29, 1.82) is 0 Å². The van der Waals surface area contributed by atoms with E-state index in [1.165, 1.54) is 19.3 Å². The molecule has 0 radical (unpaired) electrons. The minimum atomic E-state index is 0.381. The molecule has 3 atom stereocenters. The summed E-state index contributed by atoms with van der Waals surface area (Å²) in [6.45, 7) is 1.67. The van der Waals surface area contributed by atoms with Gasteiger partial charge in [-0.1, -0.05) is 24.7 Å². The van der Waals surface area contributed by atoms with Gasteiger partial charge in [0, 0.05) is 38.5 Å². The van der Waals surface area contributed by atoms with Gasteiger partial charge in [0.25, 0.3) is 0 Å². The molecular formula is C14H25ClN2OS. The van der Waals surface area contributed by atoms with Crippen molar-refractivity contribution < 1.29 is 4.74 Å². The Morgan fingerprint density at radius 2 is 2.26 bits per heavy atom. The lowest BCUT2D eigenvalue weighted by Gasteiger charge is -2.36. The summed E-state index contributed by atoms with van der Waals surface area (Å²) in [6, 6.07) is 0.381. The Labute approximate surface area is 127 Å². The minimum absolute atomic E-state index is 0.381. The first-order chi connectivity index (χ1) is 9.22. The molecule has 0 saturated heterocycles. The molecule has 1 fully saturated rings. The first kappa shape index (κ1) is 16.7. The van der Waals surface area contributed by atoms with Gasteiger partial charge in [0.15, 0.2) is 0 Å². The van der Waals surface area contributed by atoms with Gasteiger partial charge in [-0.2, -0.15) is 0 Å². The largest absolute Gasteiger partial charge is 0.384 e. The van der Waals surface area contributed by atoms with Crippen molar-refractivity contribution in [3.63, 3.8) is 0 Å². The van der Waals surface area contributed by atoms with Crippen molar-refractivity contribution in [2.45, 2.75) is 25.3 Å². The Bertz CT molecular complexity index is 287. The van der Waals surface area contributed by atoms with Crippen LogP contribution in [0.25, 0.3) is 0 Å². The molecule has 0 amide bonds. The lowest BCUT2D eigenvalue weighted by Crippen LogP contribution is -2.45. The normalized spacial score (nSPS) is 27.4. The van der Waals surface area contributed by atoms with Crippen molar-refractivity contribution in [2.75, 3.05) is 33.2 Å². The van der Waals surface area contributed by atoms with Gasteiger partial charge in [-0.3, -0.25) is 0 Å². The molecule has 0 aliphatic heterocycles. The highest BCUT2D eigenvalue weighted by molar-refractivity contribution is 7.78. The van der Waals surface area contributed by atoms with Crippen LogP contribution < -0.4 is 5.32 Å². The second-order valence-corrected chi connectivity index (χ2v) is 5.75. The third-order valence-electron chi connectivity index (χ3n) is 3.75. The molecule has 110 valence electrons. The minimum Gasteiger partial charge on any atom is -0.384 e. The number of hydrogen-bond donors (Lipinski definition) is 1. The molecule has 3 unspecified atom stereocenters. The predicted octanol–water partition coefficient (Wildman–Crippen LogP) is 2.65. The maximum Gasteiger partial charge on any atom is 0.0617 e. The van der Waals surface area contributed by atoms with E-state index in [9.17, 15) is 0 Å². The summed E-state index contributed by atoms with van der Waals surface area (Å²) in [5.74, 6) is 1.69. The highest BCUT2D eigenvalue weighted by Gasteiger charge is 2.31. The van der Waals surface area contributed by atoms with Crippen LogP contribution in [0, 0.1) is 11.8 Å². The fraction of sp³-hybridized carbons (Fsp3) is 0.786. The quantitative estimate of drug-likeness (QED) is 0.550. The van der Waals surface area contributed by atoms with Crippen LogP contribution in [0.5, 0.6) is 0 Å². The average Bonchev–Trinajstić information content (AvgIpc) is 2.40. The Morgan fingerprint density at radius 1 is 1.47 bits per heavy atom. The zero-order valence-electron chi connectivity index (χ0n) is 11.8. The summed E-state index contributed by atoms with van der Waals surface area (Å²) in [5.41, 5.74) is 1.64. The number of halogens is 1. The van der Waals surface area contributed by atoms with Crippen molar-refractivity contribution in [2.24, 2.45) is 11.8 Å². The second-order valence-electron chi connectivity index (χ2n) is 5.13. The molecular weight excluding hydrogens is 280 g/mol. The molecule has 19 heavy (non-hydrogen) atoms. The number of hydrogen-bond acceptors (Lipinski definition) is 3. The van der Waals surface area contributed by atoms with Crippen LogP contribution in [-0.4, -0.2) is 49.6 Å². The number of thiocarbonyl (C=S) groups is 1. The molecule has 1 N–H and O–H groups in total. The molecule has 1 aliphatic rings. The van der Waals surface area contributed by atoms with E-state index in [0.29, 0.717) is 23.8 Å². The average molecular weight is 305 g/mol. The molecule has 0 bridgehead atoms. The van der Waals surface area contributed by atoms with Crippen LogP contribution in [0.15, 0.2) is 12.3 Å². The SMILES string of the molecule is COCC1CCCC(/C=C\N(C)CCCl)C1NC=S. The first-order valence-corrected chi connectivity index (χ1v) is 7.86. The molecule has 1 saturated carbocycles. The number of methoxy groups -OCH3 is 1. The van der Waals surface area contributed by atoms with E-state index < -0.39 is 0 Å². The molecule has 1 rings (SSSR count). The molecule has 0 aromatic carbocycles. The van der Waals surface area contributed by atoms with Gasteiger partial charge in [-0.15, -0.1) is 11.6 Å². The molecule has 0 spiro atoms. The highest BCUT2D eigenvalue weighted by atomic mass is 35.5. The van der Waals surface area contributed by atoms with Crippen LogP contribution in [0.3, 0.4) is 0 Å². The fourth-order valence-corrected chi connectivity index (χ4v) is 3.17. The molecule has 1 aliphatic carbocycles. The Morgan fingerprint density at radius 3 is 2.89 bits per heavy atom. The predicted molar refractivity (Wildman–Crippen MR) is 85.8 cm³/mol. The Hall–Kier alpha value is -0.320. The lowest BCUT2D eigenvalue weighted by molar-refractivity contribution is 0.101. The van der Waals surface area contributed by atoms with E-state index in [0.717, 1.165) is 13.2 Å². The summed E-state index contributed by atoms with van der Waals surface area (Å²) in [6.07, 6.45) is 8.08. The number of nitrogens with one attached hydrogen (secondary N) is 1. The number of ether oxygens (including phenoxy) is 1. The molecule has 3 nitrogen and oxygen atoms in total. The number of nitrogens with zero attached hydrogens (tertiary/aromatic N) is 1. The van der Waals surface area contributed by atoms with Crippen LogP contribution >= 0.6 is 23.8 Å². The van der Waals surface area contributed by atoms with Crippen LogP contribution in [0.4, 0.5) is 0 Å². The third-order valence-corrected chi connectivity index (χ3v) is 4.05. The molecule has 5 heteroatoms. The Kier molecular flexibility index (Phi) is 8.42. The van der Waals surface area contributed by atoms with E-state index in [4.69, 9.17) is 28.6 Å². The van der Waals surface area contributed by atoms with E-state index in [-0.39, 0.29) is 0 Å². The van der Waals surface area contributed by atoms with Gasteiger partial charge >= 0.3 is 0 Å². The maximum atomic E-state index is 5.74. The van der Waals surface area contributed by atoms with Gasteiger partial charge < -0.3 is 15.0 Å². The van der Waals surface area contributed by atoms with Crippen LogP contribution in [0.2, 0.25) is 0 Å². The standard InChI is InChI=1S/C14H25ClN2OS/c1-17(9-7-15)8-6-12-4-3-5-13(10-18-2)14(12)16-11-19/h6,8,11-14H,3-5,7,9-10H2,1-2H3,(H,16,19)/b8-6-. The van der Waals surface area contributed by atoms with Gasteiger partial charge in [-0.25, -0.2) is 0 Å². The van der Waals surface area contributed by atoms with E-state index in [2.05, 4.69) is 29.5 Å². The first-order valence-electron chi connectivity index (χ1n) is 6.86. The smallest absolute Gasteiger partial charge is 0.0617 e. The topological polar surface area (TPSA) is 24.5 Å². The summed E-state index contributed by atoms with van der Waals surface area (Å²) in [4.78, 5) is 2.13. The molecule has 0 heterocycles. The number of rotatable bonds is 8. The van der Waals surface area contributed by atoms with E-state index in [1.54, 1.807) is 12.6 Å². The van der Waals surface area contributed by atoms with Gasteiger partial charge in [0.1, 0.15) is 0 Å². The van der Waals surface area contributed by atoms with Gasteiger partial charge in [0.05, 0.1) is 12.1 Å². The fourth-order valence-electron chi connectivity index (χ4n) is 2.75. The van der Waals surface area contributed by atoms with Crippen molar-refractivity contribution in [3.05, 3.63) is 12.3 Å². The molecule has 0 aromatic heterocycles. The van der Waals surface area contributed by atoms with Crippen LogP contribution in [-0.2, 0) is 4.74 Å². The highest BCUT2D eigenvalue weighted by Crippen LogP contribution is 2.30. The van der Waals surface area contributed by atoms with Crippen LogP contribution in [0.1, 0.15) is 19.3 Å². The van der Waals surface area contributed by atoms with Crippen molar-refractivity contribution in [3.8, 4) is 0 Å². The summed E-state index contributed by atoms with van der Waals surface area (Å²) < 4.78 is 5.33. The summed E-state index contributed by atoms with van der Waals surface area (Å²) in [5, 5.41) is 3.34. The monoisotopic (exact) mass is 304 g/mol. The summed E-state index contributed by atoms with van der Waals surface area (Å²) in [7, 11) is 3.82. The summed E-state index contributed by atoms with van der Waals surface area (Å²) >= 11 is 10.7. The zero-order chi connectivity index (χ0) is 14.1. The zero-order valence-corrected chi connectivity index (χ0v) is 13.4. The number of alkyl halides is 1. The van der Waals surface area contributed by atoms with E-state index >= 15 is 0 Å². The Balaban J connectivity index is 2.64. The van der Waals surface area contributed by atoms with E-state index in [1.807, 2.05) is 0 Å². The van der Waals surface area contributed by atoms with Gasteiger partial charge in [0.2, 0.25) is 0 Å². The second kappa shape index (κ2) is 9.56.